The van der Waals surface area contributed by atoms with Crippen LogP contribution in [0, 0.1) is 0 Å². The van der Waals surface area contributed by atoms with Crippen LogP contribution in [-0.4, -0.2) is 35.6 Å². The molecule has 4 heteroatoms. The zero-order valence-corrected chi connectivity index (χ0v) is 12.5. The molecule has 2 heterocycles. The van der Waals surface area contributed by atoms with Gasteiger partial charge in [0.1, 0.15) is 5.01 Å². The second-order valence-electron chi connectivity index (χ2n) is 5.36. The van der Waals surface area contributed by atoms with Crippen molar-refractivity contribution in [1.29, 1.82) is 0 Å². The number of thiazole rings is 1. The van der Waals surface area contributed by atoms with Crippen molar-refractivity contribution in [3.63, 3.8) is 0 Å². The third-order valence-corrected chi connectivity index (χ3v) is 4.49. The van der Waals surface area contributed by atoms with E-state index in [0.717, 1.165) is 32.6 Å². The Morgan fingerprint density at radius 1 is 1.30 bits per heavy atom. The number of rotatable bonds is 4. The maximum atomic E-state index is 4.41. The number of benzene rings is 1. The van der Waals surface area contributed by atoms with Crippen molar-refractivity contribution in [3.05, 3.63) is 52.5 Å². The smallest absolute Gasteiger partial charge is 0.107 e. The maximum absolute atomic E-state index is 4.41. The van der Waals surface area contributed by atoms with Crippen LogP contribution in [0.2, 0.25) is 0 Å². The van der Waals surface area contributed by atoms with Gasteiger partial charge >= 0.3 is 0 Å². The molecular weight excluding hydrogens is 266 g/mol. The molecule has 1 saturated heterocycles. The SMILES string of the molecule is c1ccc(CC2CN(Cc3nccs3)CCCN2)cc1. The van der Waals surface area contributed by atoms with E-state index in [1.54, 1.807) is 11.3 Å². The van der Waals surface area contributed by atoms with E-state index in [1.807, 2.05) is 6.20 Å². The first kappa shape index (κ1) is 13.7. The maximum Gasteiger partial charge on any atom is 0.107 e. The Balaban J connectivity index is 1.60. The van der Waals surface area contributed by atoms with Gasteiger partial charge in [-0.15, -0.1) is 11.3 Å². The number of hydrogen-bond donors (Lipinski definition) is 1. The van der Waals surface area contributed by atoms with Gasteiger partial charge in [-0.2, -0.15) is 0 Å². The van der Waals surface area contributed by atoms with Gasteiger partial charge in [-0.05, 0) is 31.5 Å². The highest BCUT2D eigenvalue weighted by molar-refractivity contribution is 7.09. The molecule has 1 N–H and O–H groups in total. The van der Waals surface area contributed by atoms with E-state index in [9.17, 15) is 0 Å². The minimum atomic E-state index is 0.542. The third-order valence-electron chi connectivity index (χ3n) is 3.73. The highest BCUT2D eigenvalue weighted by Gasteiger charge is 2.18. The summed E-state index contributed by atoms with van der Waals surface area (Å²) in [7, 11) is 0. The Kier molecular flexibility index (Phi) is 4.79. The predicted molar refractivity (Wildman–Crippen MR) is 83.9 cm³/mol. The van der Waals surface area contributed by atoms with Crippen molar-refractivity contribution in [2.24, 2.45) is 0 Å². The Morgan fingerprint density at radius 2 is 2.20 bits per heavy atom. The highest BCUT2D eigenvalue weighted by Crippen LogP contribution is 2.12. The van der Waals surface area contributed by atoms with Gasteiger partial charge in [-0.1, -0.05) is 30.3 Å². The monoisotopic (exact) mass is 287 g/mol. The van der Waals surface area contributed by atoms with Crippen LogP contribution in [0.5, 0.6) is 0 Å². The Hall–Kier alpha value is -1.23. The van der Waals surface area contributed by atoms with Crippen molar-refractivity contribution in [1.82, 2.24) is 15.2 Å². The molecule has 0 amide bonds. The van der Waals surface area contributed by atoms with Crippen molar-refractivity contribution < 1.29 is 0 Å². The molecule has 0 radical (unpaired) electrons. The Morgan fingerprint density at radius 3 is 3.00 bits per heavy atom. The quantitative estimate of drug-likeness (QED) is 0.936. The number of nitrogens with zero attached hydrogens (tertiary/aromatic N) is 2. The molecule has 1 atom stereocenters. The molecule has 106 valence electrons. The number of aromatic nitrogens is 1. The van der Waals surface area contributed by atoms with Gasteiger partial charge in [0.25, 0.3) is 0 Å². The van der Waals surface area contributed by atoms with E-state index in [4.69, 9.17) is 0 Å². The average molecular weight is 287 g/mol. The van der Waals surface area contributed by atoms with Crippen molar-refractivity contribution >= 4 is 11.3 Å². The molecule has 20 heavy (non-hydrogen) atoms. The summed E-state index contributed by atoms with van der Waals surface area (Å²) in [6.45, 7) is 4.38. The molecule has 0 aliphatic carbocycles. The normalized spacial score (nSPS) is 20.7. The summed E-state index contributed by atoms with van der Waals surface area (Å²) in [5.74, 6) is 0. The molecule has 1 fully saturated rings. The van der Waals surface area contributed by atoms with Gasteiger partial charge in [-0.25, -0.2) is 4.98 Å². The van der Waals surface area contributed by atoms with Crippen LogP contribution in [0.25, 0.3) is 0 Å². The first-order chi connectivity index (χ1) is 9.90. The second kappa shape index (κ2) is 6.97. The van der Waals surface area contributed by atoms with Gasteiger partial charge in [0.05, 0.1) is 6.54 Å². The molecule has 0 saturated carbocycles. The molecule has 2 aromatic rings. The summed E-state index contributed by atoms with van der Waals surface area (Å²) in [6, 6.07) is 11.3. The largest absolute Gasteiger partial charge is 0.312 e. The number of nitrogens with one attached hydrogen (secondary N) is 1. The lowest BCUT2D eigenvalue weighted by molar-refractivity contribution is 0.258. The van der Waals surface area contributed by atoms with E-state index in [-0.39, 0.29) is 0 Å². The molecule has 1 aromatic carbocycles. The minimum Gasteiger partial charge on any atom is -0.312 e. The second-order valence-corrected chi connectivity index (χ2v) is 6.33. The predicted octanol–water partition coefficient (Wildman–Crippen LogP) is 2.55. The summed E-state index contributed by atoms with van der Waals surface area (Å²) in [6.07, 6.45) is 4.23. The van der Waals surface area contributed by atoms with Crippen molar-refractivity contribution in [2.45, 2.75) is 25.4 Å². The van der Waals surface area contributed by atoms with Gasteiger partial charge in [-0.3, -0.25) is 4.90 Å². The molecule has 1 aliphatic heterocycles. The van der Waals surface area contributed by atoms with Crippen molar-refractivity contribution in [3.8, 4) is 0 Å². The first-order valence-electron chi connectivity index (χ1n) is 7.28. The summed E-state index contributed by atoms with van der Waals surface area (Å²) in [5, 5.41) is 6.97. The summed E-state index contributed by atoms with van der Waals surface area (Å²) < 4.78 is 0. The molecule has 1 unspecified atom stereocenters. The molecule has 0 spiro atoms. The lowest BCUT2D eigenvalue weighted by atomic mass is 10.1. The molecule has 0 bridgehead atoms. The Bertz CT molecular complexity index is 498. The minimum absolute atomic E-state index is 0.542. The lowest BCUT2D eigenvalue weighted by Gasteiger charge is -2.23. The van der Waals surface area contributed by atoms with Crippen LogP contribution in [-0.2, 0) is 13.0 Å². The summed E-state index contributed by atoms with van der Waals surface area (Å²) in [4.78, 5) is 6.94. The third kappa shape index (κ3) is 3.88. The first-order valence-corrected chi connectivity index (χ1v) is 8.16. The van der Waals surface area contributed by atoms with Crippen LogP contribution in [0.1, 0.15) is 17.0 Å². The van der Waals surface area contributed by atoms with Gasteiger partial charge < -0.3 is 5.32 Å². The van der Waals surface area contributed by atoms with Gasteiger partial charge in [0.15, 0.2) is 0 Å². The Labute approximate surface area is 124 Å². The van der Waals surface area contributed by atoms with E-state index < -0.39 is 0 Å². The van der Waals surface area contributed by atoms with E-state index in [1.165, 1.54) is 17.0 Å². The zero-order chi connectivity index (χ0) is 13.6. The van der Waals surface area contributed by atoms with E-state index >= 15 is 0 Å². The van der Waals surface area contributed by atoms with E-state index in [2.05, 4.69) is 50.9 Å². The van der Waals surface area contributed by atoms with Crippen LogP contribution >= 0.6 is 11.3 Å². The standard InChI is InChI=1S/C16H21N3S/c1-2-5-14(6-3-1)11-15-12-19(9-4-7-17-15)13-16-18-8-10-20-16/h1-3,5-6,8,10,15,17H,4,7,9,11-13H2. The molecule has 3 rings (SSSR count). The van der Waals surface area contributed by atoms with Crippen molar-refractivity contribution in [2.75, 3.05) is 19.6 Å². The molecular formula is C16H21N3S. The van der Waals surface area contributed by atoms with Gasteiger partial charge in [0, 0.05) is 24.2 Å². The summed E-state index contributed by atoms with van der Waals surface area (Å²) >= 11 is 1.76. The highest BCUT2D eigenvalue weighted by atomic mass is 32.1. The summed E-state index contributed by atoms with van der Waals surface area (Å²) in [5.41, 5.74) is 1.42. The fraction of sp³-hybridized carbons (Fsp3) is 0.438. The molecule has 1 aliphatic rings. The fourth-order valence-electron chi connectivity index (χ4n) is 2.78. The van der Waals surface area contributed by atoms with Crippen LogP contribution in [0.15, 0.2) is 41.9 Å². The van der Waals surface area contributed by atoms with Crippen LogP contribution < -0.4 is 5.32 Å². The van der Waals surface area contributed by atoms with Crippen LogP contribution in [0.3, 0.4) is 0 Å². The van der Waals surface area contributed by atoms with Gasteiger partial charge in [0.2, 0.25) is 0 Å². The zero-order valence-electron chi connectivity index (χ0n) is 11.7. The topological polar surface area (TPSA) is 28.2 Å². The molecule has 3 nitrogen and oxygen atoms in total. The number of hydrogen-bond acceptors (Lipinski definition) is 4. The fourth-order valence-corrected chi connectivity index (χ4v) is 3.44. The average Bonchev–Trinajstić information content (AvgIpc) is 2.87. The lowest BCUT2D eigenvalue weighted by Crippen LogP contribution is -2.38. The molecule has 1 aromatic heterocycles. The van der Waals surface area contributed by atoms with E-state index in [0.29, 0.717) is 6.04 Å². The van der Waals surface area contributed by atoms with Crippen LogP contribution in [0.4, 0.5) is 0 Å².